The van der Waals surface area contributed by atoms with Gasteiger partial charge in [0.15, 0.2) is 0 Å². The molecular formula is C23H22ClN3O2. The number of nitrogens with zero attached hydrogens (tertiary/aromatic N) is 1. The average molecular weight is 408 g/mol. The van der Waals surface area contributed by atoms with Crippen molar-refractivity contribution in [3.05, 3.63) is 82.1 Å². The first-order valence-electron chi connectivity index (χ1n) is 9.59. The number of carbonyl (C=O) groups is 2. The molecule has 3 aromatic rings. The summed E-state index contributed by atoms with van der Waals surface area (Å²) in [6, 6.07) is 16.6. The van der Waals surface area contributed by atoms with Gasteiger partial charge in [0.25, 0.3) is 11.8 Å². The molecule has 0 saturated heterocycles. The van der Waals surface area contributed by atoms with E-state index in [1.807, 2.05) is 32.0 Å². The molecule has 0 atom stereocenters. The Bertz CT molecular complexity index is 1060. The Kier molecular flexibility index (Phi) is 5.16. The summed E-state index contributed by atoms with van der Waals surface area (Å²) in [5, 5.41) is 6.19. The van der Waals surface area contributed by atoms with Gasteiger partial charge in [0.05, 0.1) is 10.6 Å². The van der Waals surface area contributed by atoms with Crippen LogP contribution in [0.3, 0.4) is 0 Å². The third-order valence-corrected chi connectivity index (χ3v) is 5.37. The third-order valence-electron chi connectivity index (χ3n) is 5.04. The third kappa shape index (κ3) is 4.20. The predicted octanol–water partition coefficient (Wildman–Crippen LogP) is 4.89. The molecule has 0 radical (unpaired) electrons. The van der Waals surface area contributed by atoms with Crippen molar-refractivity contribution >= 4 is 29.1 Å². The maximum absolute atomic E-state index is 12.8. The summed E-state index contributed by atoms with van der Waals surface area (Å²) in [6.07, 6.45) is 2.09. The normalized spacial score (nSPS) is 13.2. The SMILES string of the molecule is Cc1ccc(C)n1-c1ccc(Cl)c(C(=O)Nc2ccc(C(=O)NC3CC3)cc2)c1. The molecule has 2 N–H and O–H groups in total. The van der Waals surface area contributed by atoms with Gasteiger partial charge in [-0.3, -0.25) is 9.59 Å². The Labute approximate surface area is 174 Å². The fourth-order valence-corrected chi connectivity index (χ4v) is 3.51. The molecule has 0 aliphatic heterocycles. The van der Waals surface area contributed by atoms with Gasteiger partial charge in [-0.1, -0.05) is 11.6 Å². The minimum Gasteiger partial charge on any atom is -0.349 e. The van der Waals surface area contributed by atoms with E-state index in [0.717, 1.165) is 29.9 Å². The molecule has 0 bridgehead atoms. The van der Waals surface area contributed by atoms with Crippen molar-refractivity contribution < 1.29 is 9.59 Å². The number of benzene rings is 2. The minimum atomic E-state index is -0.297. The van der Waals surface area contributed by atoms with Crippen LogP contribution in [0.4, 0.5) is 5.69 Å². The lowest BCUT2D eigenvalue weighted by Gasteiger charge is -2.13. The number of nitrogens with one attached hydrogen (secondary N) is 2. The van der Waals surface area contributed by atoms with Crippen molar-refractivity contribution in [2.75, 3.05) is 5.32 Å². The van der Waals surface area contributed by atoms with Crippen LogP contribution in [0.15, 0.2) is 54.6 Å². The summed E-state index contributed by atoms with van der Waals surface area (Å²) in [5.74, 6) is -0.381. The van der Waals surface area contributed by atoms with Gasteiger partial charge in [-0.25, -0.2) is 0 Å². The van der Waals surface area contributed by atoms with E-state index < -0.39 is 0 Å². The number of amides is 2. The van der Waals surface area contributed by atoms with Crippen LogP contribution in [0.2, 0.25) is 5.02 Å². The van der Waals surface area contributed by atoms with Crippen LogP contribution in [0.5, 0.6) is 0 Å². The van der Waals surface area contributed by atoms with E-state index >= 15 is 0 Å². The molecule has 2 amide bonds. The van der Waals surface area contributed by atoms with Gasteiger partial charge in [-0.05, 0) is 81.3 Å². The van der Waals surface area contributed by atoms with Gasteiger partial charge in [0, 0.05) is 34.4 Å². The van der Waals surface area contributed by atoms with E-state index in [9.17, 15) is 9.59 Å². The van der Waals surface area contributed by atoms with Gasteiger partial charge >= 0.3 is 0 Å². The van der Waals surface area contributed by atoms with E-state index in [1.165, 1.54) is 0 Å². The molecule has 148 valence electrons. The molecule has 6 heteroatoms. The Balaban J connectivity index is 1.52. The molecule has 29 heavy (non-hydrogen) atoms. The fourth-order valence-electron chi connectivity index (χ4n) is 3.30. The smallest absolute Gasteiger partial charge is 0.257 e. The molecule has 4 rings (SSSR count). The second kappa shape index (κ2) is 7.76. The van der Waals surface area contributed by atoms with Crippen LogP contribution >= 0.6 is 11.6 Å². The molecule has 0 unspecified atom stereocenters. The summed E-state index contributed by atoms with van der Waals surface area (Å²) in [5.41, 5.74) is 4.62. The van der Waals surface area contributed by atoms with Crippen molar-refractivity contribution in [2.45, 2.75) is 32.7 Å². The first-order valence-corrected chi connectivity index (χ1v) is 9.97. The van der Waals surface area contributed by atoms with Gasteiger partial charge in [0.2, 0.25) is 0 Å². The Hall–Kier alpha value is -3.05. The van der Waals surface area contributed by atoms with Crippen LogP contribution in [-0.2, 0) is 0 Å². The van der Waals surface area contributed by atoms with Crippen LogP contribution in [0, 0.1) is 13.8 Å². The van der Waals surface area contributed by atoms with E-state index in [0.29, 0.717) is 27.9 Å². The zero-order valence-corrected chi connectivity index (χ0v) is 17.1. The lowest BCUT2D eigenvalue weighted by molar-refractivity contribution is 0.0950. The van der Waals surface area contributed by atoms with E-state index in [-0.39, 0.29) is 11.8 Å². The van der Waals surface area contributed by atoms with E-state index in [1.54, 1.807) is 36.4 Å². The number of aryl methyl sites for hydroxylation is 2. The lowest BCUT2D eigenvalue weighted by atomic mass is 10.1. The van der Waals surface area contributed by atoms with E-state index in [2.05, 4.69) is 15.2 Å². The minimum absolute atomic E-state index is 0.0846. The molecule has 1 aliphatic carbocycles. The standard InChI is InChI=1S/C23H22ClN3O2/c1-14-3-4-15(2)27(14)19-11-12-21(24)20(13-19)23(29)26-17-7-5-16(6-8-17)22(28)25-18-9-10-18/h3-8,11-13,18H,9-10H2,1-2H3,(H,25,28)(H,26,29). The molecular weight excluding hydrogens is 386 g/mol. The number of anilines is 1. The molecule has 1 heterocycles. The second-order valence-electron chi connectivity index (χ2n) is 7.39. The van der Waals surface area contributed by atoms with Crippen LogP contribution in [-0.4, -0.2) is 22.4 Å². The lowest BCUT2D eigenvalue weighted by Crippen LogP contribution is -2.25. The molecule has 2 aromatic carbocycles. The number of hydrogen-bond donors (Lipinski definition) is 2. The van der Waals surface area contributed by atoms with Gasteiger partial charge in [-0.2, -0.15) is 0 Å². The summed E-state index contributed by atoms with van der Waals surface area (Å²) >= 11 is 6.30. The summed E-state index contributed by atoms with van der Waals surface area (Å²) in [7, 11) is 0. The van der Waals surface area contributed by atoms with Crippen LogP contribution in [0.1, 0.15) is 44.9 Å². The number of hydrogen-bond acceptors (Lipinski definition) is 2. The molecule has 5 nitrogen and oxygen atoms in total. The summed E-state index contributed by atoms with van der Waals surface area (Å²) in [6.45, 7) is 4.03. The second-order valence-corrected chi connectivity index (χ2v) is 7.80. The largest absolute Gasteiger partial charge is 0.349 e. The van der Waals surface area contributed by atoms with Crippen LogP contribution < -0.4 is 10.6 Å². The van der Waals surface area contributed by atoms with Crippen molar-refractivity contribution in [3.8, 4) is 5.69 Å². The van der Waals surface area contributed by atoms with Crippen molar-refractivity contribution in [2.24, 2.45) is 0 Å². The number of aromatic nitrogens is 1. The zero-order valence-electron chi connectivity index (χ0n) is 16.3. The molecule has 1 aliphatic rings. The van der Waals surface area contributed by atoms with Crippen molar-refractivity contribution in [1.82, 2.24) is 9.88 Å². The first kappa shape index (κ1) is 19.3. The maximum atomic E-state index is 12.8. The highest BCUT2D eigenvalue weighted by Crippen LogP contribution is 2.24. The summed E-state index contributed by atoms with van der Waals surface area (Å²) in [4.78, 5) is 24.9. The zero-order chi connectivity index (χ0) is 20.5. The Morgan fingerprint density at radius 2 is 1.59 bits per heavy atom. The quantitative estimate of drug-likeness (QED) is 0.632. The van der Waals surface area contributed by atoms with Gasteiger partial charge in [0.1, 0.15) is 0 Å². The van der Waals surface area contributed by atoms with Crippen molar-refractivity contribution in [1.29, 1.82) is 0 Å². The predicted molar refractivity (Wildman–Crippen MR) is 115 cm³/mol. The maximum Gasteiger partial charge on any atom is 0.257 e. The average Bonchev–Trinajstić information content (AvgIpc) is 3.45. The highest BCUT2D eigenvalue weighted by molar-refractivity contribution is 6.34. The Morgan fingerprint density at radius 3 is 2.21 bits per heavy atom. The van der Waals surface area contributed by atoms with Gasteiger partial charge in [-0.15, -0.1) is 0 Å². The highest BCUT2D eigenvalue weighted by atomic mass is 35.5. The van der Waals surface area contributed by atoms with E-state index in [4.69, 9.17) is 11.6 Å². The number of halogens is 1. The van der Waals surface area contributed by atoms with Crippen LogP contribution in [0.25, 0.3) is 5.69 Å². The van der Waals surface area contributed by atoms with Crippen molar-refractivity contribution in [3.63, 3.8) is 0 Å². The highest BCUT2D eigenvalue weighted by Gasteiger charge is 2.23. The monoisotopic (exact) mass is 407 g/mol. The molecule has 1 aromatic heterocycles. The number of rotatable bonds is 5. The molecule has 1 saturated carbocycles. The number of carbonyl (C=O) groups excluding carboxylic acids is 2. The summed E-state index contributed by atoms with van der Waals surface area (Å²) < 4.78 is 2.07. The fraction of sp³-hybridized carbons (Fsp3) is 0.217. The molecule has 0 spiro atoms. The molecule has 1 fully saturated rings. The Morgan fingerprint density at radius 1 is 0.931 bits per heavy atom. The van der Waals surface area contributed by atoms with Gasteiger partial charge < -0.3 is 15.2 Å². The first-order chi connectivity index (χ1) is 13.9. The topological polar surface area (TPSA) is 63.1 Å².